The van der Waals surface area contributed by atoms with Gasteiger partial charge in [0.2, 0.25) is 5.91 Å². The Hall–Kier alpha value is -1.71. The molecule has 0 radical (unpaired) electrons. The highest BCUT2D eigenvalue weighted by Crippen LogP contribution is 2.44. The van der Waals surface area contributed by atoms with Gasteiger partial charge in [0.05, 0.1) is 20.6 Å². The second-order valence-corrected chi connectivity index (χ2v) is 6.21. The number of carbonyl (C=O) groups is 1. The molecule has 1 aromatic carbocycles. The molecule has 0 spiro atoms. The molecule has 1 N–H and O–H groups in total. The van der Waals surface area contributed by atoms with E-state index in [-0.39, 0.29) is 5.91 Å². The minimum absolute atomic E-state index is 0.111. The first-order valence-electron chi connectivity index (χ1n) is 7.70. The van der Waals surface area contributed by atoms with Crippen molar-refractivity contribution in [3.8, 4) is 11.5 Å². The van der Waals surface area contributed by atoms with Crippen molar-refractivity contribution < 1.29 is 14.3 Å². The summed E-state index contributed by atoms with van der Waals surface area (Å²) < 4.78 is 10.5. The lowest BCUT2D eigenvalue weighted by atomic mass is 9.95. The first-order valence-corrected chi connectivity index (χ1v) is 7.70. The number of nitrogens with one attached hydrogen (secondary N) is 1. The van der Waals surface area contributed by atoms with Crippen LogP contribution in [0.2, 0.25) is 0 Å². The van der Waals surface area contributed by atoms with E-state index in [4.69, 9.17) is 9.47 Å². The van der Waals surface area contributed by atoms with E-state index in [1.807, 2.05) is 18.2 Å². The second kappa shape index (κ2) is 5.96. The van der Waals surface area contributed by atoms with Crippen LogP contribution in [-0.2, 0) is 11.2 Å². The molecule has 2 fully saturated rings. The van der Waals surface area contributed by atoms with Gasteiger partial charge in [-0.1, -0.05) is 12.5 Å². The molecule has 0 saturated heterocycles. The first-order chi connectivity index (χ1) is 10.2. The highest BCUT2D eigenvalue weighted by Gasteiger charge is 2.39. The van der Waals surface area contributed by atoms with Gasteiger partial charge in [-0.3, -0.25) is 4.79 Å². The highest BCUT2D eigenvalue weighted by molar-refractivity contribution is 5.79. The van der Waals surface area contributed by atoms with E-state index in [9.17, 15) is 4.79 Å². The van der Waals surface area contributed by atoms with Crippen molar-refractivity contribution in [1.29, 1.82) is 0 Å². The molecule has 3 atom stereocenters. The van der Waals surface area contributed by atoms with Crippen LogP contribution in [0, 0.1) is 11.8 Å². The molecule has 4 heteroatoms. The van der Waals surface area contributed by atoms with Crippen LogP contribution < -0.4 is 14.8 Å². The number of hydrogen-bond donors (Lipinski definition) is 1. The number of hydrogen-bond acceptors (Lipinski definition) is 3. The lowest BCUT2D eigenvalue weighted by Gasteiger charge is -2.23. The van der Waals surface area contributed by atoms with E-state index in [1.54, 1.807) is 14.2 Å². The Morgan fingerprint density at radius 2 is 2.00 bits per heavy atom. The van der Waals surface area contributed by atoms with Crippen LogP contribution in [0.3, 0.4) is 0 Å². The lowest BCUT2D eigenvalue weighted by molar-refractivity contribution is -0.121. The molecule has 3 rings (SSSR count). The van der Waals surface area contributed by atoms with Crippen LogP contribution in [-0.4, -0.2) is 26.2 Å². The third-order valence-electron chi connectivity index (χ3n) is 4.90. The summed E-state index contributed by atoms with van der Waals surface area (Å²) in [6, 6.07) is 6.04. The largest absolute Gasteiger partial charge is 0.493 e. The summed E-state index contributed by atoms with van der Waals surface area (Å²) in [5.41, 5.74) is 0.952. The summed E-state index contributed by atoms with van der Waals surface area (Å²) in [6.45, 7) is 0. The van der Waals surface area contributed by atoms with Gasteiger partial charge >= 0.3 is 0 Å². The Kier molecular flexibility index (Phi) is 4.04. The molecule has 2 bridgehead atoms. The Labute approximate surface area is 125 Å². The number of benzene rings is 1. The van der Waals surface area contributed by atoms with Gasteiger partial charge in [-0.05, 0) is 48.8 Å². The number of rotatable bonds is 5. The molecule has 21 heavy (non-hydrogen) atoms. The lowest BCUT2D eigenvalue weighted by Crippen LogP contribution is -2.39. The fraction of sp³-hybridized carbons (Fsp3) is 0.588. The molecule has 0 unspecified atom stereocenters. The number of carbonyl (C=O) groups excluding carboxylic acids is 1. The molecule has 2 aliphatic rings. The van der Waals surface area contributed by atoms with Gasteiger partial charge in [0.1, 0.15) is 0 Å². The van der Waals surface area contributed by atoms with Crippen LogP contribution in [0.15, 0.2) is 18.2 Å². The predicted octanol–water partition coefficient (Wildman–Crippen LogP) is 2.55. The Morgan fingerprint density at radius 3 is 2.62 bits per heavy atom. The van der Waals surface area contributed by atoms with Gasteiger partial charge in [-0.15, -0.1) is 0 Å². The number of methoxy groups -OCH3 is 2. The average molecular weight is 289 g/mol. The van der Waals surface area contributed by atoms with Gasteiger partial charge in [0, 0.05) is 6.04 Å². The summed E-state index contributed by atoms with van der Waals surface area (Å²) in [5.74, 6) is 3.03. The molecule has 114 valence electrons. The smallest absolute Gasteiger partial charge is 0.224 e. The van der Waals surface area contributed by atoms with Crippen molar-refractivity contribution in [2.45, 2.75) is 38.1 Å². The van der Waals surface area contributed by atoms with Crippen LogP contribution in [0.1, 0.15) is 31.2 Å². The number of amides is 1. The average Bonchev–Trinajstić information content (AvgIpc) is 3.09. The Morgan fingerprint density at radius 1 is 1.19 bits per heavy atom. The van der Waals surface area contributed by atoms with E-state index in [0.717, 1.165) is 11.5 Å². The first kappa shape index (κ1) is 14.2. The molecule has 0 aromatic heterocycles. The van der Waals surface area contributed by atoms with Crippen molar-refractivity contribution in [2.75, 3.05) is 14.2 Å². The van der Waals surface area contributed by atoms with E-state index < -0.39 is 0 Å². The summed E-state index contributed by atoms with van der Waals surface area (Å²) in [5, 5.41) is 3.21. The minimum atomic E-state index is 0.111. The molecule has 2 saturated carbocycles. The van der Waals surface area contributed by atoms with Gasteiger partial charge in [0.25, 0.3) is 0 Å². The second-order valence-electron chi connectivity index (χ2n) is 6.21. The fourth-order valence-electron chi connectivity index (χ4n) is 3.86. The standard InChI is InChI=1S/C17H23NO3/c1-20-15-6-4-12(9-16(15)21-2)10-17(19)18-14-8-11-3-5-13(14)7-11/h4,6,9,11,13-14H,3,5,7-8,10H2,1-2H3,(H,18,19)/t11-,13-,14+/m0/s1. The molecular weight excluding hydrogens is 266 g/mol. The SMILES string of the molecule is COc1ccc(CC(=O)N[C@@H]2C[C@H]3CC[C@H]2C3)cc1OC. The number of ether oxygens (including phenoxy) is 2. The third-order valence-corrected chi connectivity index (χ3v) is 4.90. The van der Waals surface area contributed by atoms with Crippen molar-refractivity contribution in [1.82, 2.24) is 5.32 Å². The van der Waals surface area contributed by atoms with Gasteiger partial charge < -0.3 is 14.8 Å². The van der Waals surface area contributed by atoms with E-state index in [1.165, 1.54) is 25.7 Å². The topological polar surface area (TPSA) is 47.6 Å². The summed E-state index contributed by atoms with van der Waals surface area (Å²) in [6.07, 6.45) is 5.51. The van der Waals surface area contributed by atoms with Crippen molar-refractivity contribution in [3.05, 3.63) is 23.8 Å². The molecule has 0 aliphatic heterocycles. The minimum Gasteiger partial charge on any atom is -0.493 e. The summed E-state index contributed by atoms with van der Waals surface area (Å²) in [7, 11) is 3.22. The molecule has 2 aliphatic carbocycles. The highest BCUT2D eigenvalue weighted by atomic mass is 16.5. The molecule has 1 amide bonds. The molecular formula is C17H23NO3. The Bertz CT molecular complexity index is 529. The summed E-state index contributed by atoms with van der Waals surface area (Å²) in [4.78, 5) is 12.2. The van der Waals surface area contributed by atoms with Crippen LogP contribution in [0.4, 0.5) is 0 Å². The molecule has 4 nitrogen and oxygen atoms in total. The van der Waals surface area contributed by atoms with Gasteiger partial charge in [0.15, 0.2) is 11.5 Å². The van der Waals surface area contributed by atoms with Crippen LogP contribution in [0.5, 0.6) is 11.5 Å². The fourth-order valence-corrected chi connectivity index (χ4v) is 3.86. The molecule has 0 heterocycles. The summed E-state index contributed by atoms with van der Waals surface area (Å²) >= 11 is 0. The van der Waals surface area contributed by atoms with Crippen LogP contribution >= 0.6 is 0 Å². The molecule has 1 aromatic rings. The van der Waals surface area contributed by atoms with Crippen molar-refractivity contribution in [3.63, 3.8) is 0 Å². The normalized spacial score (nSPS) is 26.7. The maximum atomic E-state index is 12.2. The zero-order chi connectivity index (χ0) is 14.8. The zero-order valence-electron chi connectivity index (χ0n) is 12.7. The quantitative estimate of drug-likeness (QED) is 0.906. The van der Waals surface area contributed by atoms with Crippen molar-refractivity contribution >= 4 is 5.91 Å². The predicted molar refractivity (Wildman–Crippen MR) is 80.6 cm³/mol. The monoisotopic (exact) mass is 289 g/mol. The zero-order valence-corrected chi connectivity index (χ0v) is 12.7. The third kappa shape index (κ3) is 2.99. The van der Waals surface area contributed by atoms with Gasteiger partial charge in [-0.2, -0.15) is 0 Å². The maximum absolute atomic E-state index is 12.2. The Balaban J connectivity index is 1.59. The van der Waals surface area contributed by atoms with Crippen molar-refractivity contribution in [2.24, 2.45) is 11.8 Å². The van der Waals surface area contributed by atoms with Crippen LogP contribution in [0.25, 0.3) is 0 Å². The van der Waals surface area contributed by atoms with Gasteiger partial charge in [-0.25, -0.2) is 0 Å². The van der Waals surface area contributed by atoms with E-state index in [2.05, 4.69) is 5.32 Å². The number of fused-ring (bicyclic) bond motifs is 2. The van der Waals surface area contributed by atoms with E-state index >= 15 is 0 Å². The maximum Gasteiger partial charge on any atom is 0.224 e. The van der Waals surface area contributed by atoms with E-state index in [0.29, 0.717) is 29.9 Å².